The molecule has 7 heteroatoms. The number of esters is 1. The third-order valence-electron chi connectivity index (χ3n) is 2.81. The van der Waals surface area contributed by atoms with Gasteiger partial charge in [-0.05, 0) is 24.3 Å². The van der Waals surface area contributed by atoms with Crippen LogP contribution in [0.4, 0.5) is 11.4 Å². The smallest absolute Gasteiger partial charge is 0.310 e. The van der Waals surface area contributed by atoms with E-state index in [2.05, 4.69) is 10.1 Å². The van der Waals surface area contributed by atoms with Gasteiger partial charge in [0.25, 0.3) is 5.69 Å². The molecule has 0 aliphatic rings. The maximum Gasteiger partial charge on any atom is 0.310 e. The van der Waals surface area contributed by atoms with Crippen molar-refractivity contribution in [2.24, 2.45) is 0 Å². The van der Waals surface area contributed by atoms with Gasteiger partial charge in [0.05, 0.1) is 18.5 Å². The van der Waals surface area contributed by atoms with Gasteiger partial charge in [0.15, 0.2) is 0 Å². The van der Waals surface area contributed by atoms with E-state index in [1.807, 2.05) is 12.1 Å². The number of anilines is 1. The fourth-order valence-electron chi connectivity index (χ4n) is 1.72. The maximum absolute atomic E-state index is 11.2. The molecule has 1 aromatic carbocycles. The molecule has 2 aromatic rings. The third-order valence-corrected chi connectivity index (χ3v) is 3.89. The molecular formula is C14H14N2O4S. The second-order valence-corrected chi connectivity index (χ2v) is 5.53. The number of carbonyl (C=O) groups excluding carboxylic acids is 1. The summed E-state index contributed by atoms with van der Waals surface area (Å²) in [5, 5.41) is 13.7. The molecule has 1 heterocycles. The molecule has 0 aliphatic carbocycles. The number of hydrogen-bond acceptors (Lipinski definition) is 6. The molecule has 0 spiro atoms. The van der Waals surface area contributed by atoms with Gasteiger partial charge < -0.3 is 10.1 Å². The standard InChI is InChI=1S/C14H14N2O4S/c1-20-14(17)8-12-6-7-13(21-12)9-15-10-2-4-11(5-3-10)16(18)19/h2-7,15H,8-9H2,1H3. The van der Waals surface area contributed by atoms with Crippen LogP contribution < -0.4 is 5.32 Å². The predicted octanol–water partition coefficient (Wildman–Crippen LogP) is 2.98. The Labute approximate surface area is 125 Å². The van der Waals surface area contributed by atoms with Crippen LogP contribution in [0.1, 0.15) is 9.75 Å². The molecule has 0 aliphatic heterocycles. The van der Waals surface area contributed by atoms with Crippen molar-refractivity contribution in [1.82, 2.24) is 0 Å². The maximum atomic E-state index is 11.2. The fourth-order valence-corrected chi connectivity index (χ4v) is 2.66. The zero-order chi connectivity index (χ0) is 15.2. The zero-order valence-electron chi connectivity index (χ0n) is 11.4. The lowest BCUT2D eigenvalue weighted by Crippen LogP contribution is -2.02. The summed E-state index contributed by atoms with van der Waals surface area (Å²) in [5.74, 6) is -0.258. The third kappa shape index (κ3) is 4.28. The van der Waals surface area contributed by atoms with E-state index in [0.717, 1.165) is 15.4 Å². The van der Waals surface area contributed by atoms with Gasteiger partial charge in [-0.2, -0.15) is 0 Å². The number of rotatable bonds is 6. The first kappa shape index (κ1) is 15.0. The molecule has 6 nitrogen and oxygen atoms in total. The number of non-ortho nitro benzene ring substituents is 1. The Balaban J connectivity index is 1.90. The van der Waals surface area contributed by atoms with E-state index in [1.165, 1.54) is 30.6 Å². The van der Waals surface area contributed by atoms with Gasteiger partial charge in [-0.1, -0.05) is 0 Å². The van der Waals surface area contributed by atoms with Gasteiger partial charge >= 0.3 is 5.97 Å². The van der Waals surface area contributed by atoms with Crippen LogP contribution in [0.25, 0.3) is 0 Å². The molecule has 0 saturated heterocycles. The number of methoxy groups -OCH3 is 1. The average Bonchev–Trinajstić information content (AvgIpc) is 2.93. The number of carbonyl (C=O) groups is 1. The number of ether oxygens (including phenoxy) is 1. The van der Waals surface area contributed by atoms with Crippen LogP contribution in [0.15, 0.2) is 36.4 Å². The highest BCUT2D eigenvalue weighted by Crippen LogP contribution is 2.20. The van der Waals surface area contributed by atoms with Crippen LogP contribution in [0.2, 0.25) is 0 Å². The first-order valence-electron chi connectivity index (χ1n) is 6.21. The number of nitro groups is 1. The molecule has 0 amide bonds. The summed E-state index contributed by atoms with van der Waals surface area (Å²) in [6, 6.07) is 10.1. The molecule has 0 atom stereocenters. The summed E-state index contributed by atoms with van der Waals surface area (Å²) < 4.78 is 4.62. The number of benzene rings is 1. The lowest BCUT2D eigenvalue weighted by atomic mass is 10.3. The molecule has 2 rings (SSSR count). The van der Waals surface area contributed by atoms with Crippen LogP contribution in [0.3, 0.4) is 0 Å². The predicted molar refractivity (Wildman–Crippen MR) is 80.5 cm³/mol. The highest BCUT2D eigenvalue weighted by Gasteiger charge is 2.07. The van der Waals surface area contributed by atoms with Gasteiger partial charge in [-0.15, -0.1) is 11.3 Å². The fraction of sp³-hybridized carbons (Fsp3) is 0.214. The van der Waals surface area contributed by atoms with Crippen LogP contribution in [-0.4, -0.2) is 18.0 Å². The van der Waals surface area contributed by atoms with Crippen molar-refractivity contribution < 1.29 is 14.5 Å². The second kappa shape index (κ2) is 6.85. The van der Waals surface area contributed by atoms with Gasteiger partial charge in [-0.25, -0.2) is 0 Å². The monoisotopic (exact) mass is 306 g/mol. The summed E-state index contributed by atoms with van der Waals surface area (Å²) in [7, 11) is 1.37. The Morgan fingerprint density at radius 1 is 1.24 bits per heavy atom. The van der Waals surface area contributed by atoms with Crippen LogP contribution in [-0.2, 0) is 22.5 Å². The van der Waals surface area contributed by atoms with Gasteiger partial charge in [-0.3, -0.25) is 14.9 Å². The van der Waals surface area contributed by atoms with E-state index >= 15 is 0 Å². The lowest BCUT2D eigenvalue weighted by molar-refractivity contribution is -0.384. The van der Waals surface area contributed by atoms with Crippen LogP contribution in [0.5, 0.6) is 0 Å². The SMILES string of the molecule is COC(=O)Cc1ccc(CNc2ccc([N+](=O)[O-])cc2)s1. The highest BCUT2D eigenvalue weighted by atomic mass is 32.1. The minimum absolute atomic E-state index is 0.0667. The van der Waals surface area contributed by atoms with Crippen molar-refractivity contribution in [3.8, 4) is 0 Å². The van der Waals surface area contributed by atoms with Crippen molar-refractivity contribution in [3.05, 3.63) is 56.3 Å². The van der Waals surface area contributed by atoms with Crippen LogP contribution in [0, 0.1) is 10.1 Å². The molecule has 110 valence electrons. The molecule has 0 saturated carbocycles. The number of thiophene rings is 1. The minimum atomic E-state index is -0.428. The number of nitrogens with zero attached hydrogens (tertiary/aromatic N) is 1. The zero-order valence-corrected chi connectivity index (χ0v) is 12.2. The molecule has 1 N–H and O–H groups in total. The molecule has 0 bridgehead atoms. The average molecular weight is 306 g/mol. The van der Waals surface area contributed by atoms with Gasteiger partial charge in [0, 0.05) is 34.1 Å². The molecule has 1 aromatic heterocycles. The highest BCUT2D eigenvalue weighted by molar-refractivity contribution is 7.12. The second-order valence-electron chi connectivity index (χ2n) is 4.28. The number of nitro benzene ring substituents is 1. The Kier molecular flexibility index (Phi) is 4.89. The van der Waals surface area contributed by atoms with E-state index in [-0.39, 0.29) is 18.1 Å². The van der Waals surface area contributed by atoms with Crippen molar-refractivity contribution in [2.75, 3.05) is 12.4 Å². The van der Waals surface area contributed by atoms with E-state index in [4.69, 9.17) is 0 Å². The Morgan fingerprint density at radius 2 is 1.90 bits per heavy atom. The topological polar surface area (TPSA) is 81.5 Å². The summed E-state index contributed by atoms with van der Waals surface area (Å²) >= 11 is 1.53. The van der Waals surface area contributed by atoms with Crippen molar-refractivity contribution in [2.45, 2.75) is 13.0 Å². The molecule has 0 radical (unpaired) electrons. The molecule has 0 fully saturated rings. The summed E-state index contributed by atoms with van der Waals surface area (Å²) in [5.41, 5.74) is 0.876. The summed E-state index contributed by atoms with van der Waals surface area (Å²) in [4.78, 5) is 23.3. The summed E-state index contributed by atoms with van der Waals surface area (Å²) in [6.45, 7) is 0.601. The van der Waals surface area contributed by atoms with E-state index < -0.39 is 4.92 Å². The quantitative estimate of drug-likeness (QED) is 0.504. The van der Waals surface area contributed by atoms with Crippen molar-refractivity contribution >= 4 is 28.7 Å². The largest absolute Gasteiger partial charge is 0.469 e. The van der Waals surface area contributed by atoms with Gasteiger partial charge in [0.1, 0.15) is 0 Å². The van der Waals surface area contributed by atoms with E-state index in [9.17, 15) is 14.9 Å². The van der Waals surface area contributed by atoms with Crippen molar-refractivity contribution in [3.63, 3.8) is 0 Å². The first-order valence-corrected chi connectivity index (χ1v) is 7.03. The minimum Gasteiger partial charge on any atom is -0.469 e. The Bertz CT molecular complexity index is 637. The van der Waals surface area contributed by atoms with E-state index in [0.29, 0.717) is 6.54 Å². The summed E-state index contributed by atoms with van der Waals surface area (Å²) in [6.07, 6.45) is 0.276. The Hall–Kier alpha value is -2.41. The number of nitrogens with one attached hydrogen (secondary N) is 1. The Morgan fingerprint density at radius 3 is 2.52 bits per heavy atom. The molecule has 21 heavy (non-hydrogen) atoms. The van der Waals surface area contributed by atoms with Crippen molar-refractivity contribution in [1.29, 1.82) is 0 Å². The normalized spacial score (nSPS) is 10.1. The van der Waals surface area contributed by atoms with Crippen LogP contribution >= 0.6 is 11.3 Å². The molecule has 0 unspecified atom stereocenters. The first-order chi connectivity index (χ1) is 10.1. The number of hydrogen-bond donors (Lipinski definition) is 1. The van der Waals surface area contributed by atoms with E-state index in [1.54, 1.807) is 12.1 Å². The molecular weight excluding hydrogens is 292 g/mol. The van der Waals surface area contributed by atoms with Gasteiger partial charge in [0.2, 0.25) is 0 Å². The lowest BCUT2D eigenvalue weighted by Gasteiger charge is -2.04.